The van der Waals surface area contributed by atoms with Crippen LogP contribution in [0.4, 0.5) is 13.2 Å². The third-order valence-corrected chi connectivity index (χ3v) is 7.83. The molecule has 3 N–H and O–H groups in total. The predicted molar refractivity (Wildman–Crippen MR) is 182 cm³/mol. The lowest BCUT2D eigenvalue weighted by molar-refractivity contribution is -0.137. The number of nitrogens with one attached hydrogen (secondary N) is 1. The first-order valence-electron chi connectivity index (χ1n) is 15.5. The molecule has 0 radical (unpaired) electrons. The van der Waals surface area contributed by atoms with Gasteiger partial charge in [0.2, 0.25) is 0 Å². The Kier molecular flexibility index (Phi) is 11.7. The van der Waals surface area contributed by atoms with Crippen molar-refractivity contribution in [3.8, 4) is 33.9 Å². The first-order chi connectivity index (χ1) is 23.1. The normalized spacial score (nSPS) is 11.5. The molecule has 0 bridgehead atoms. The minimum Gasteiger partial charge on any atom is -0.378 e. The zero-order valence-electron chi connectivity index (χ0n) is 26.4. The first-order valence-corrected chi connectivity index (χ1v) is 15.9. The molecular weight excluding hydrogens is 641 g/mol. The van der Waals surface area contributed by atoms with Gasteiger partial charge in [0.1, 0.15) is 5.82 Å². The maximum absolute atomic E-state index is 13.8. The van der Waals surface area contributed by atoms with Gasteiger partial charge in [-0.05, 0) is 48.9 Å². The number of hydrogen-bond donors (Lipinski definition) is 2. The molecule has 0 unspecified atom stereocenters. The molecule has 0 spiro atoms. The maximum Gasteiger partial charge on any atom is 0.416 e. The second-order valence-corrected chi connectivity index (χ2v) is 11.6. The fourth-order valence-electron chi connectivity index (χ4n) is 5.16. The van der Waals surface area contributed by atoms with Crippen molar-refractivity contribution in [1.29, 1.82) is 0 Å². The smallest absolute Gasteiger partial charge is 0.378 e. The summed E-state index contributed by atoms with van der Waals surface area (Å²) in [5.74, 6) is 0.122. The van der Waals surface area contributed by atoms with Crippen molar-refractivity contribution in [1.82, 2.24) is 14.9 Å². The lowest BCUT2D eigenvalue weighted by atomic mass is 10.0. The number of carbonyl (C=O) groups is 1. The van der Waals surface area contributed by atoms with E-state index >= 15 is 0 Å². The summed E-state index contributed by atoms with van der Waals surface area (Å²) in [6.45, 7) is 4.69. The van der Waals surface area contributed by atoms with Crippen LogP contribution in [-0.2, 0) is 22.2 Å². The molecule has 1 aromatic heterocycles. The monoisotopic (exact) mass is 676 g/mol. The molecule has 0 atom stereocenters. The molecule has 11 heteroatoms. The zero-order chi connectivity index (χ0) is 34.1. The Morgan fingerprint density at radius 1 is 0.854 bits per heavy atom. The number of imidazole rings is 1. The van der Waals surface area contributed by atoms with Crippen LogP contribution in [0, 0.1) is 6.92 Å². The zero-order valence-corrected chi connectivity index (χ0v) is 27.2. The fourth-order valence-corrected chi connectivity index (χ4v) is 5.29. The Hall–Kier alpha value is -4.48. The number of nitrogens with zero attached hydrogens (tertiary/aromatic N) is 2. The van der Waals surface area contributed by atoms with Gasteiger partial charge in [0.05, 0.1) is 43.4 Å². The van der Waals surface area contributed by atoms with E-state index in [4.69, 9.17) is 31.8 Å². The van der Waals surface area contributed by atoms with Crippen LogP contribution in [0.1, 0.15) is 27.0 Å². The number of nitrogens with two attached hydrogens (primary N) is 1. The minimum atomic E-state index is -4.52. The number of aromatic nitrogens is 2. The molecule has 1 amide bonds. The van der Waals surface area contributed by atoms with Gasteiger partial charge in [-0.15, -0.1) is 0 Å². The molecule has 48 heavy (non-hydrogen) atoms. The fraction of sp³-hybridized carbons (Fsp3) is 0.243. The number of alkyl halides is 3. The van der Waals surface area contributed by atoms with Gasteiger partial charge in [-0.25, -0.2) is 4.98 Å². The Balaban J connectivity index is 1.48. The lowest BCUT2D eigenvalue weighted by Crippen LogP contribution is -2.27. The Morgan fingerprint density at radius 2 is 1.52 bits per heavy atom. The standard InChI is InChI=1S/C37H36ClF3N4O3/c1-25-5-9-27(10-6-25)33-34(28-13-15-32(38)16-14-28)45(35(44-33)30-3-2-4-31(23-30)37(39,40)41)24-26-7-11-29(12-8-26)36(46)43-18-20-48-22-21-47-19-17-42/h2-16,23H,17-22,24,42H2,1H3,(H,43,46). The highest BCUT2D eigenvalue weighted by atomic mass is 35.5. The number of amides is 1. The number of hydrogen-bond acceptors (Lipinski definition) is 5. The molecule has 7 nitrogen and oxygen atoms in total. The van der Waals surface area contributed by atoms with Crippen molar-refractivity contribution < 1.29 is 27.4 Å². The molecule has 5 rings (SSSR count). The van der Waals surface area contributed by atoms with E-state index in [-0.39, 0.29) is 12.5 Å². The minimum absolute atomic E-state index is 0.250. The summed E-state index contributed by atoms with van der Waals surface area (Å²) in [5, 5.41) is 3.39. The second kappa shape index (κ2) is 16.1. The van der Waals surface area contributed by atoms with Crippen molar-refractivity contribution in [2.45, 2.75) is 19.6 Å². The van der Waals surface area contributed by atoms with Crippen molar-refractivity contribution in [3.63, 3.8) is 0 Å². The van der Waals surface area contributed by atoms with E-state index in [9.17, 15) is 18.0 Å². The number of ether oxygens (including phenoxy) is 2. The Labute approximate surface area is 282 Å². The van der Waals surface area contributed by atoms with Gasteiger partial charge >= 0.3 is 6.18 Å². The van der Waals surface area contributed by atoms with Crippen molar-refractivity contribution in [2.24, 2.45) is 5.73 Å². The summed E-state index contributed by atoms with van der Waals surface area (Å²) in [7, 11) is 0. The highest BCUT2D eigenvalue weighted by molar-refractivity contribution is 6.30. The van der Waals surface area contributed by atoms with E-state index < -0.39 is 11.7 Å². The van der Waals surface area contributed by atoms with Crippen LogP contribution in [0.25, 0.3) is 33.9 Å². The van der Waals surface area contributed by atoms with E-state index in [1.54, 1.807) is 30.3 Å². The van der Waals surface area contributed by atoms with Crippen LogP contribution in [0.5, 0.6) is 0 Å². The number of rotatable bonds is 14. The predicted octanol–water partition coefficient (Wildman–Crippen LogP) is 7.63. The summed E-state index contributed by atoms with van der Waals surface area (Å²) in [6, 6.07) is 27.4. The molecule has 0 saturated carbocycles. The number of aryl methyl sites for hydroxylation is 1. The molecule has 5 aromatic rings. The molecular formula is C37H36ClF3N4O3. The van der Waals surface area contributed by atoms with E-state index in [0.29, 0.717) is 67.2 Å². The highest BCUT2D eigenvalue weighted by Gasteiger charge is 2.31. The third kappa shape index (κ3) is 8.90. The number of benzene rings is 4. The van der Waals surface area contributed by atoms with Gasteiger partial charge in [-0.1, -0.05) is 77.8 Å². The maximum atomic E-state index is 13.8. The molecule has 4 aromatic carbocycles. The van der Waals surface area contributed by atoms with Gasteiger partial charge in [0.15, 0.2) is 0 Å². The molecule has 0 saturated heterocycles. The molecule has 0 aliphatic rings. The van der Waals surface area contributed by atoms with Gasteiger partial charge in [0.25, 0.3) is 5.91 Å². The summed E-state index contributed by atoms with van der Waals surface area (Å²) in [6.07, 6.45) is -4.52. The van der Waals surface area contributed by atoms with Gasteiger partial charge < -0.3 is 25.1 Å². The molecule has 0 aliphatic carbocycles. The van der Waals surface area contributed by atoms with Crippen LogP contribution in [0.3, 0.4) is 0 Å². The Bertz CT molecular complexity index is 1810. The van der Waals surface area contributed by atoms with E-state index in [1.807, 2.05) is 60.0 Å². The van der Waals surface area contributed by atoms with Gasteiger partial charge in [-0.2, -0.15) is 13.2 Å². The quantitative estimate of drug-likeness (QED) is 0.118. The van der Waals surface area contributed by atoms with Gasteiger partial charge in [0, 0.05) is 46.9 Å². The molecule has 1 heterocycles. The van der Waals surface area contributed by atoms with Crippen LogP contribution < -0.4 is 11.1 Å². The van der Waals surface area contributed by atoms with Crippen molar-refractivity contribution in [2.75, 3.05) is 39.5 Å². The van der Waals surface area contributed by atoms with E-state index in [0.717, 1.165) is 40.1 Å². The summed E-state index contributed by atoms with van der Waals surface area (Å²) >= 11 is 6.24. The number of carbonyl (C=O) groups excluding carboxylic acids is 1. The summed E-state index contributed by atoms with van der Waals surface area (Å²) in [5.41, 5.74) is 10.2. The molecule has 250 valence electrons. The third-order valence-electron chi connectivity index (χ3n) is 7.58. The lowest BCUT2D eigenvalue weighted by Gasteiger charge is -2.15. The Morgan fingerprint density at radius 3 is 2.19 bits per heavy atom. The topological polar surface area (TPSA) is 91.4 Å². The number of halogens is 4. The van der Waals surface area contributed by atoms with E-state index in [1.165, 1.54) is 6.07 Å². The summed E-state index contributed by atoms with van der Waals surface area (Å²) < 4.78 is 54.1. The van der Waals surface area contributed by atoms with Crippen LogP contribution in [0.2, 0.25) is 5.02 Å². The van der Waals surface area contributed by atoms with Crippen molar-refractivity contribution >= 4 is 17.5 Å². The van der Waals surface area contributed by atoms with Crippen LogP contribution >= 0.6 is 11.6 Å². The average Bonchev–Trinajstić information content (AvgIpc) is 3.45. The van der Waals surface area contributed by atoms with Crippen LogP contribution in [-0.4, -0.2) is 55.0 Å². The van der Waals surface area contributed by atoms with Gasteiger partial charge in [-0.3, -0.25) is 4.79 Å². The van der Waals surface area contributed by atoms with Crippen LogP contribution in [0.15, 0.2) is 97.1 Å². The second-order valence-electron chi connectivity index (χ2n) is 11.1. The molecule has 0 fully saturated rings. The first kappa shape index (κ1) is 34.8. The SMILES string of the molecule is Cc1ccc(-c2nc(-c3cccc(C(F)(F)F)c3)n(Cc3ccc(C(=O)NCCOCCOCCN)cc3)c2-c2ccc(Cl)cc2)cc1. The van der Waals surface area contributed by atoms with Crippen molar-refractivity contribution in [3.05, 3.63) is 124 Å². The van der Waals surface area contributed by atoms with E-state index in [2.05, 4.69) is 5.32 Å². The molecule has 0 aliphatic heterocycles. The summed E-state index contributed by atoms with van der Waals surface area (Å²) in [4.78, 5) is 17.8. The average molecular weight is 677 g/mol. The highest BCUT2D eigenvalue weighted by Crippen LogP contribution is 2.39. The largest absolute Gasteiger partial charge is 0.416 e.